The number of aromatic amines is 1. The second-order valence-corrected chi connectivity index (χ2v) is 4.53. The molecule has 3 N–H and O–H groups in total. The van der Waals surface area contributed by atoms with E-state index in [0.29, 0.717) is 17.3 Å². The summed E-state index contributed by atoms with van der Waals surface area (Å²) in [5, 5.41) is 12.4. The van der Waals surface area contributed by atoms with Gasteiger partial charge in [0.05, 0.1) is 18.0 Å². The minimum atomic E-state index is -0.317. The van der Waals surface area contributed by atoms with Crippen LogP contribution in [0.4, 0.5) is 10.5 Å². The van der Waals surface area contributed by atoms with E-state index >= 15 is 0 Å². The molecule has 2 rings (SSSR count). The van der Waals surface area contributed by atoms with Crippen molar-refractivity contribution in [1.29, 1.82) is 0 Å². The molecule has 1 atom stereocenters. The monoisotopic (exact) mass is 294 g/mol. The topological polar surface area (TPSA) is 79.0 Å². The number of aromatic nitrogens is 2. The number of benzene rings is 1. The van der Waals surface area contributed by atoms with Gasteiger partial charge in [-0.25, -0.2) is 4.79 Å². The zero-order valence-corrected chi connectivity index (χ0v) is 11.6. The fraction of sp³-hybridized carbons (Fsp3) is 0.231. The zero-order valence-electron chi connectivity index (χ0n) is 10.9. The van der Waals surface area contributed by atoms with Crippen molar-refractivity contribution >= 4 is 23.3 Å². The van der Waals surface area contributed by atoms with Gasteiger partial charge in [-0.15, -0.1) is 0 Å². The lowest BCUT2D eigenvalue weighted by Crippen LogP contribution is -2.32. The molecule has 0 saturated heterocycles. The highest BCUT2D eigenvalue weighted by molar-refractivity contribution is 6.30. The summed E-state index contributed by atoms with van der Waals surface area (Å²) in [7, 11) is 1.59. The summed E-state index contributed by atoms with van der Waals surface area (Å²) in [6.45, 7) is 0.349. The molecule has 1 aromatic carbocycles. The normalized spacial score (nSPS) is 11.9. The number of amides is 2. The number of H-pyrrole nitrogens is 1. The molecule has 0 bridgehead atoms. The lowest BCUT2D eigenvalue weighted by molar-refractivity contribution is 0.104. The average Bonchev–Trinajstić information content (AvgIpc) is 2.94. The summed E-state index contributed by atoms with van der Waals surface area (Å²) in [5.41, 5.74) is 1.54. The maximum absolute atomic E-state index is 11.7. The molecule has 7 heteroatoms. The molecule has 0 radical (unpaired) electrons. The van der Waals surface area contributed by atoms with Crippen LogP contribution in [0.3, 0.4) is 0 Å². The van der Waals surface area contributed by atoms with Crippen LogP contribution >= 0.6 is 11.6 Å². The van der Waals surface area contributed by atoms with Crippen molar-refractivity contribution in [3.63, 3.8) is 0 Å². The summed E-state index contributed by atoms with van der Waals surface area (Å²) in [5.74, 6) is 0. The predicted octanol–water partition coefficient (Wildman–Crippen LogP) is 2.57. The molecule has 106 valence electrons. The number of rotatable bonds is 5. The summed E-state index contributed by atoms with van der Waals surface area (Å²) < 4.78 is 5.36. The van der Waals surface area contributed by atoms with Crippen LogP contribution in [0.5, 0.6) is 0 Å². The Balaban J connectivity index is 1.87. The molecule has 0 fully saturated rings. The number of carbonyl (C=O) groups excluding carboxylic acids is 1. The minimum Gasteiger partial charge on any atom is -0.375 e. The van der Waals surface area contributed by atoms with Crippen molar-refractivity contribution in [2.75, 3.05) is 19.0 Å². The average molecular weight is 295 g/mol. The zero-order chi connectivity index (χ0) is 14.4. The molecular weight excluding hydrogens is 280 g/mol. The van der Waals surface area contributed by atoms with Gasteiger partial charge in [0, 0.05) is 24.9 Å². The van der Waals surface area contributed by atoms with Crippen LogP contribution in [0.1, 0.15) is 11.7 Å². The van der Waals surface area contributed by atoms with E-state index in [4.69, 9.17) is 16.3 Å². The highest BCUT2D eigenvalue weighted by atomic mass is 35.5. The van der Waals surface area contributed by atoms with Gasteiger partial charge in [0.25, 0.3) is 0 Å². The Morgan fingerprint density at radius 3 is 2.80 bits per heavy atom. The van der Waals surface area contributed by atoms with Crippen molar-refractivity contribution < 1.29 is 9.53 Å². The van der Waals surface area contributed by atoms with Crippen LogP contribution in [0.15, 0.2) is 36.7 Å². The number of urea groups is 1. The van der Waals surface area contributed by atoms with Crippen LogP contribution in [-0.4, -0.2) is 29.9 Å². The van der Waals surface area contributed by atoms with Crippen molar-refractivity contribution in [3.8, 4) is 0 Å². The maximum atomic E-state index is 11.7. The van der Waals surface area contributed by atoms with Gasteiger partial charge in [0.2, 0.25) is 0 Å². The lowest BCUT2D eigenvalue weighted by atomic mass is 10.1. The van der Waals surface area contributed by atoms with Crippen molar-refractivity contribution in [2.24, 2.45) is 0 Å². The first kappa shape index (κ1) is 14.4. The molecule has 2 amide bonds. The predicted molar refractivity (Wildman–Crippen MR) is 76.8 cm³/mol. The Morgan fingerprint density at radius 2 is 2.20 bits per heavy atom. The van der Waals surface area contributed by atoms with Gasteiger partial charge >= 0.3 is 6.03 Å². The van der Waals surface area contributed by atoms with Crippen LogP contribution in [0.25, 0.3) is 0 Å². The Hall–Kier alpha value is -2.05. The van der Waals surface area contributed by atoms with E-state index < -0.39 is 0 Å². The Labute approximate surface area is 121 Å². The minimum absolute atomic E-state index is 0.234. The quantitative estimate of drug-likeness (QED) is 0.793. The molecule has 1 aromatic heterocycles. The number of hydrogen-bond donors (Lipinski definition) is 3. The second kappa shape index (κ2) is 6.93. The number of nitrogens with one attached hydrogen (secondary N) is 3. The smallest absolute Gasteiger partial charge is 0.319 e. The van der Waals surface area contributed by atoms with E-state index in [-0.39, 0.29) is 12.1 Å². The van der Waals surface area contributed by atoms with Crippen LogP contribution in [0.2, 0.25) is 5.02 Å². The van der Waals surface area contributed by atoms with Gasteiger partial charge in [-0.3, -0.25) is 5.10 Å². The fourth-order valence-corrected chi connectivity index (χ4v) is 1.82. The number of anilines is 1. The fourth-order valence-electron chi connectivity index (χ4n) is 1.69. The molecule has 20 heavy (non-hydrogen) atoms. The summed E-state index contributed by atoms with van der Waals surface area (Å²) in [4.78, 5) is 11.7. The van der Waals surface area contributed by atoms with Crippen molar-refractivity contribution in [2.45, 2.75) is 6.10 Å². The molecule has 0 aliphatic heterocycles. The van der Waals surface area contributed by atoms with Crippen LogP contribution in [-0.2, 0) is 4.74 Å². The number of halogens is 1. The van der Waals surface area contributed by atoms with E-state index in [1.54, 1.807) is 25.4 Å². The number of methoxy groups -OCH3 is 1. The maximum Gasteiger partial charge on any atom is 0.319 e. The Bertz CT molecular complexity index is 542. The third-order valence-corrected chi connectivity index (χ3v) is 2.98. The third kappa shape index (κ3) is 3.97. The molecular formula is C13H15ClN4O2. The van der Waals surface area contributed by atoms with E-state index in [2.05, 4.69) is 20.8 Å². The lowest BCUT2D eigenvalue weighted by Gasteiger charge is -2.16. The number of ether oxygens (including phenoxy) is 1. The molecule has 0 saturated carbocycles. The van der Waals surface area contributed by atoms with E-state index in [1.165, 1.54) is 6.20 Å². The summed E-state index contributed by atoms with van der Waals surface area (Å²) >= 11 is 5.84. The Kier molecular flexibility index (Phi) is 4.97. The first-order valence-corrected chi connectivity index (χ1v) is 6.38. The van der Waals surface area contributed by atoms with E-state index in [1.807, 2.05) is 12.1 Å². The largest absolute Gasteiger partial charge is 0.375 e. The molecule has 0 spiro atoms. The first-order chi connectivity index (χ1) is 9.69. The van der Waals surface area contributed by atoms with Crippen LogP contribution in [0, 0.1) is 0 Å². The molecule has 1 unspecified atom stereocenters. The molecule has 1 heterocycles. The van der Waals surface area contributed by atoms with Gasteiger partial charge in [0.1, 0.15) is 0 Å². The van der Waals surface area contributed by atoms with Crippen LogP contribution < -0.4 is 10.6 Å². The molecule has 6 nitrogen and oxygen atoms in total. The molecule has 0 aliphatic carbocycles. The molecule has 0 aliphatic rings. The third-order valence-electron chi connectivity index (χ3n) is 2.73. The number of carbonyl (C=O) groups is 1. The van der Waals surface area contributed by atoms with Gasteiger partial charge in [-0.2, -0.15) is 5.10 Å². The standard InChI is InChI=1S/C13H15ClN4O2/c1-20-12(9-2-4-10(14)5-3-9)8-15-13(19)18-11-6-16-17-7-11/h2-7,12H,8H2,1H3,(H,16,17)(H2,15,18,19). The highest BCUT2D eigenvalue weighted by Crippen LogP contribution is 2.18. The summed E-state index contributed by atoms with van der Waals surface area (Å²) in [6.07, 6.45) is 2.88. The van der Waals surface area contributed by atoms with Gasteiger partial charge in [0.15, 0.2) is 0 Å². The van der Waals surface area contributed by atoms with Gasteiger partial charge in [-0.1, -0.05) is 23.7 Å². The second-order valence-electron chi connectivity index (χ2n) is 4.10. The number of nitrogens with zero attached hydrogens (tertiary/aromatic N) is 1. The molecule has 2 aromatic rings. The summed E-state index contributed by atoms with van der Waals surface area (Å²) in [6, 6.07) is 6.99. The SMILES string of the molecule is COC(CNC(=O)Nc1cn[nH]c1)c1ccc(Cl)cc1. The van der Waals surface area contributed by atoms with Crippen molar-refractivity contribution in [3.05, 3.63) is 47.2 Å². The van der Waals surface area contributed by atoms with Gasteiger partial charge < -0.3 is 15.4 Å². The Morgan fingerprint density at radius 1 is 1.45 bits per heavy atom. The number of hydrogen-bond acceptors (Lipinski definition) is 3. The first-order valence-electron chi connectivity index (χ1n) is 6.01. The van der Waals surface area contributed by atoms with E-state index in [0.717, 1.165) is 5.56 Å². The van der Waals surface area contributed by atoms with Crippen molar-refractivity contribution in [1.82, 2.24) is 15.5 Å². The highest BCUT2D eigenvalue weighted by Gasteiger charge is 2.12. The van der Waals surface area contributed by atoms with E-state index in [9.17, 15) is 4.79 Å². The van der Waals surface area contributed by atoms with Gasteiger partial charge in [-0.05, 0) is 17.7 Å².